The zero-order valence-corrected chi connectivity index (χ0v) is 11.8. The Labute approximate surface area is 103 Å². The van der Waals surface area contributed by atoms with E-state index in [1.165, 1.54) is 4.31 Å². The number of nitrogens with zero attached hydrogens (tertiary/aromatic N) is 1. The molecule has 8 heteroatoms. The highest BCUT2D eigenvalue weighted by molar-refractivity contribution is 7.89. The van der Waals surface area contributed by atoms with E-state index < -0.39 is 20.0 Å². The fourth-order valence-electron chi connectivity index (χ4n) is 1.94. The fourth-order valence-corrected chi connectivity index (χ4v) is 4.32. The summed E-state index contributed by atoms with van der Waals surface area (Å²) < 4.78 is 49.6. The molecule has 0 bridgehead atoms. The van der Waals surface area contributed by atoms with Crippen molar-refractivity contribution in [3.63, 3.8) is 0 Å². The van der Waals surface area contributed by atoms with Gasteiger partial charge in [-0.1, -0.05) is 6.92 Å². The van der Waals surface area contributed by atoms with E-state index in [-0.39, 0.29) is 11.8 Å². The van der Waals surface area contributed by atoms with Gasteiger partial charge < -0.3 is 0 Å². The molecule has 1 aliphatic rings. The Balaban J connectivity index is 2.52. The standard InChI is InChI=1S/C9H20N2O4S2/c1-3-8-17(14,15)11-6-4-9(5-7-11)10-16(2,12)13/h9-10H,3-8H2,1-2H3. The number of rotatable bonds is 5. The molecule has 0 atom stereocenters. The minimum Gasteiger partial charge on any atom is -0.213 e. The van der Waals surface area contributed by atoms with Gasteiger partial charge in [0, 0.05) is 19.1 Å². The summed E-state index contributed by atoms with van der Waals surface area (Å²) in [5.41, 5.74) is 0. The van der Waals surface area contributed by atoms with E-state index in [1.54, 1.807) is 0 Å². The predicted octanol–water partition coefficient (Wildman–Crippen LogP) is -0.260. The first-order chi connectivity index (χ1) is 7.74. The summed E-state index contributed by atoms with van der Waals surface area (Å²) in [6.07, 6.45) is 2.79. The Morgan fingerprint density at radius 3 is 2.12 bits per heavy atom. The molecular weight excluding hydrogens is 264 g/mol. The van der Waals surface area contributed by atoms with Gasteiger partial charge in [-0.25, -0.2) is 25.9 Å². The third-order valence-electron chi connectivity index (χ3n) is 2.69. The average molecular weight is 284 g/mol. The normalized spacial score (nSPS) is 20.6. The number of piperidine rings is 1. The van der Waals surface area contributed by atoms with Gasteiger partial charge in [-0.05, 0) is 19.3 Å². The van der Waals surface area contributed by atoms with Crippen LogP contribution in [0, 0.1) is 0 Å². The van der Waals surface area contributed by atoms with Gasteiger partial charge in [0.1, 0.15) is 0 Å². The van der Waals surface area contributed by atoms with Crippen LogP contribution in [0.25, 0.3) is 0 Å². The minimum absolute atomic E-state index is 0.141. The molecule has 102 valence electrons. The molecule has 1 aliphatic heterocycles. The quantitative estimate of drug-likeness (QED) is 0.754. The van der Waals surface area contributed by atoms with Crippen LogP contribution in [0.2, 0.25) is 0 Å². The summed E-state index contributed by atoms with van der Waals surface area (Å²) in [7, 11) is -6.35. The third-order valence-corrected chi connectivity index (χ3v) is 5.53. The minimum atomic E-state index is -3.20. The lowest BCUT2D eigenvalue weighted by atomic mass is 10.1. The lowest BCUT2D eigenvalue weighted by Gasteiger charge is -2.31. The second kappa shape index (κ2) is 5.64. The first-order valence-corrected chi connectivity index (χ1v) is 9.20. The van der Waals surface area contributed by atoms with E-state index in [0.717, 1.165) is 6.26 Å². The molecule has 0 spiro atoms. The van der Waals surface area contributed by atoms with Crippen molar-refractivity contribution in [1.82, 2.24) is 9.03 Å². The predicted molar refractivity (Wildman–Crippen MR) is 66.7 cm³/mol. The van der Waals surface area contributed by atoms with Gasteiger partial charge in [-0.2, -0.15) is 0 Å². The molecule has 6 nitrogen and oxygen atoms in total. The monoisotopic (exact) mass is 284 g/mol. The maximum Gasteiger partial charge on any atom is 0.214 e. The highest BCUT2D eigenvalue weighted by atomic mass is 32.2. The molecule has 0 aromatic heterocycles. The van der Waals surface area contributed by atoms with Crippen molar-refractivity contribution in [1.29, 1.82) is 0 Å². The van der Waals surface area contributed by atoms with Crippen LogP contribution in [0.15, 0.2) is 0 Å². The molecule has 0 unspecified atom stereocenters. The van der Waals surface area contributed by atoms with Crippen LogP contribution < -0.4 is 4.72 Å². The van der Waals surface area contributed by atoms with Gasteiger partial charge in [0.05, 0.1) is 12.0 Å². The average Bonchev–Trinajstić information content (AvgIpc) is 2.15. The van der Waals surface area contributed by atoms with Crippen LogP contribution in [0.4, 0.5) is 0 Å². The molecule has 0 radical (unpaired) electrons. The first kappa shape index (κ1) is 14.9. The zero-order valence-electron chi connectivity index (χ0n) is 10.2. The molecular formula is C9H20N2O4S2. The van der Waals surface area contributed by atoms with E-state index in [4.69, 9.17) is 0 Å². The summed E-state index contributed by atoms with van der Waals surface area (Å²) in [5, 5.41) is 0. The molecule has 0 aromatic rings. The molecule has 1 rings (SSSR count). The van der Waals surface area contributed by atoms with Gasteiger partial charge in [0.2, 0.25) is 20.0 Å². The molecule has 1 heterocycles. The first-order valence-electron chi connectivity index (χ1n) is 5.70. The Bertz CT molecular complexity index is 436. The number of nitrogens with one attached hydrogen (secondary N) is 1. The molecule has 17 heavy (non-hydrogen) atoms. The Morgan fingerprint density at radius 2 is 1.71 bits per heavy atom. The van der Waals surface area contributed by atoms with Crippen molar-refractivity contribution < 1.29 is 16.8 Å². The van der Waals surface area contributed by atoms with Crippen molar-refractivity contribution in [2.24, 2.45) is 0 Å². The topological polar surface area (TPSA) is 83.6 Å². The number of hydrogen-bond donors (Lipinski definition) is 1. The van der Waals surface area contributed by atoms with Gasteiger partial charge >= 0.3 is 0 Å². The summed E-state index contributed by atoms with van der Waals surface area (Å²) >= 11 is 0. The maximum absolute atomic E-state index is 11.8. The van der Waals surface area contributed by atoms with Gasteiger partial charge in [-0.3, -0.25) is 0 Å². The lowest BCUT2D eigenvalue weighted by molar-refractivity contribution is 0.308. The Morgan fingerprint density at radius 1 is 1.18 bits per heavy atom. The summed E-state index contributed by atoms with van der Waals surface area (Å²) in [4.78, 5) is 0. The molecule has 0 aromatic carbocycles. The van der Waals surface area contributed by atoms with Crippen LogP contribution in [0.1, 0.15) is 26.2 Å². The van der Waals surface area contributed by atoms with Crippen LogP contribution >= 0.6 is 0 Å². The van der Waals surface area contributed by atoms with Gasteiger partial charge in [0.25, 0.3) is 0 Å². The fraction of sp³-hybridized carbons (Fsp3) is 1.00. The molecule has 0 amide bonds. The molecule has 1 N–H and O–H groups in total. The van der Waals surface area contributed by atoms with Crippen molar-refractivity contribution in [3.05, 3.63) is 0 Å². The highest BCUT2D eigenvalue weighted by Crippen LogP contribution is 2.15. The summed E-state index contributed by atoms with van der Waals surface area (Å²) in [6, 6.07) is -0.141. The summed E-state index contributed by atoms with van der Waals surface area (Å²) in [5.74, 6) is 0.164. The largest absolute Gasteiger partial charge is 0.214 e. The van der Waals surface area contributed by atoms with Crippen molar-refractivity contribution in [3.8, 4) is 0 Å². The smallest absolute Gasteiger partial charge is 0.213 e. The molecule has 0 saturated carbocycles. The van der Waals surface area contributed by atoms with E-state index in [9.17, 15) is 16.8 Å². The summed E-state index contributed by atoms with van der Waals surface area (Å²) in [6.45, 7) is 2.63. The van der Waals surface area contributed by atoms with Crippen LogP contribution in [0.5, 0.6) is 0 Å². The van der Waals surface area contributed by atoms with E-state index >= 15 is 0 Å². The van der Waals surface area contributed by atoms with Crippen molar-refractivity contribution in [2.75, 3.05) is 25.1 Å². The second-order valence-corrected chi connectivity index (χ2v) is 8.25. The van der Waals surface area contributed by atoms with Crippen LogP contribution in [0.3, 0.4) is 0 Å². The number of sulfonamides is 2. The Hall–Kier alpha value is -0.180. The highest BCUT2D eigenvalue weighted by Gasteiger charge is 2.28. The zero-order chi connectivity index (χ0) is 13.1. The van der Waals surface area contributed by atoms with Crippen molar-refractivity contribution in [2.45, 2.75) is 32.2 Å². The van der Waals surface area contributed by atoms with E-state index in [0.29, 0.717) is 32.4 Å². The number of hydrogen-bond acceptors (Lipinski definition) is 4. The van der Waals surface area contributed by atoms with Crippen LogP contribution in [-0.4, -0.2) is 52.3 Å². The van der Waals surface area contributed by atoms with Crippen molar-refractivity contribution >= 4 is 20.0 Å². The second-order valence-electron chi connectivity index (χ2n) is 4.38. The molecule has 0 aliphatic carbocycles. The molecule has 1 saturated heterocycles. The van der Waals surface area contributed by atoms with Gasteiger partial charge in [-0.15, -0.1) is 0 Å². The third kappa shape index (κ3) is 4.90. The van der Waals surface area contributed by atoms with Gasteiger partial charge in [0.15, 0.2) is 0 Å². The van der Waals surface area contributed by atoms with E-state index in [2.05, 4.69) is 4.72 Å². The Kier molecular flexibility index (Phi) is 4.94. The SMILES string of the molecule is CCCS(=O)(=O)N1CCC(NS(C)(=O)=O)CC1. The lowest BCUT2D eigenvalue weighted by Crippen LogP contribution is -2.46. The van der Waals surface area contributed by atoms with Crippen LogP contribution in [-0.2, 0) is 20.0 Å². The van der Waals surface area contributed by atoms with E-state index in [1.807, 2.05) is 6.92 Å². The maximum atomic E-state index is 11.8. The molecule has 1 fully saturated rings.